The topological polar surface area (TPSA) is 57.6 Å². The molecule has 0 saturated carbocycles. The van der Waals surface area contributed by atoms with Crippen molar-refractivity contribution in [2.45, 2.75) is 33.7 Å². The minimum absolute atomic E-state index is 0.0422. The van der Waals surface area contributed by atoms with E-state index in [1.807, 2.05) is 19.1 Å². The predicted octanol–water partition coefficient (Wildman–Crippen LogP) is 4.65. The van der Waals surface area contributed by atoms with Crippen molar-refractivity contribution >= 4 is 17.4 Å². The van der Waals surface area contributed by atoms with E-state index in [0.29, 0.717) is 11.3 Å². The van der Waals surface area contributed by atoms with Gasteiger partial charge in [-0.2, -0.15) is 0 Å². The van der Waals surface area contributed by atoms with Crippen LogP contribution in [0.5, 0.6) is 0 Å². The van der Waals surface area contributed by atoms with Crippen molar-refractivity contribution in [3.63, 3.8) is 0 Å². The molecule has 3 rings (SSSR count). The number of aliphatic hydroxyl groups is 1. The molecule has 0 radical (unpaired) electrons. The molecule has 1 N–H and O–H groups in total. The van der Waals surface area contributed by atoms with Crippen LogP contribution in [0.25, 0.3) is 0 Å². The van der Waals surface area contributed by atoms with Gasteiger partial charge in [-0.05, 0) is 42.3 Å². The van der Waals surface area contributed by atoms with Gasteiger partial charge in [0.1, 0.15) is 5.82 Å². The van der Waals surface area contributed by atoms with Crippen molar-refractivity contribution < 1.29 is 19.1 Å². The first-order valence-electron chi connectivity index (χ1n) is 8.75. The highest BCUT2D eigenvalue weighted by Gasteiger charge is 2.46. The third-order valence-corrected chi connectivity index (χ3v) is 4.60. The summed E-state index contributed by atoms with van der Waals surface area (Å²) >= 11 is 0. The van der Waals surface area contributed by atoms with Crippen LogP contribution >= 0.6 is 0 Å². The Morgan fingerprint density at radius 3 is 2.30 bits per heavy atom. The van der Waals surface area contributed by atoms with E-state index in [4.69, 9.17) is 0 Å². The lowest BCUT2D eigenvalue weighted by molar-refractivity contribution is -0.123. The number of carbonyl (C=O) groups excluding carboxylic acids is 2. The van der Waals surface area contributed by atoms with Gasteiger partial charge in [-0.3, -0.25) is 14.5 Å². The van der Waals surface area contributed by atoms with Gasteiger partial charge in [0, 0.05) is 11.1 Å². The van der Waals surface area contributed by atoms with E-state index < -0.39 is 28.9 Å². The summed E-state index contributed by atoms with van der Waals surface area (Å²) in [4.78, 5) is 27.3. The molecule has 0 aromatic heterocycles. The monoisotopic (exact) mass is 367 g/mol. The summed E-state index contributed by atoms with van der Waals surface area (Å²) < 4.78 is 13.4. The van der Waals surface area contributed by atoms with Crippen LogP contribution in [0, 0.1) is 18.2 Å². The molecule has 0 spiro atoms. The number of benzene rings is 2. The molecule has 0 bridgehead atoms. The fourth-order valence-corrected chi connectivity index (χ4v) is 3.25. The molecule has 5 heteroatoms. The summed E-state index contributed by atoms with van der Waals surface area (Å²) in [6.07, 6.45) is 0. The quantitative estimate of drug-likeness (QED) is 0.859. The maximum Gasteiger partial charge on any atom is 0.294 e. The fraction of sp³-hybridized carbons (Fsp3) is 0.273. The minimum Gasteiger partial charge on any atom is -0.503 e. The second kappa shape index (κ2) is 6.65. The highest BCUT2D eigenvalue weighted by atomic mass is 19.1. The van der Waals surface area contributed by atoms with E-state index in [1.54, 1.807) is 32.9 Å². The lowest BCUT2D eigenvalue weighted by atomic mass is 9.82. The molecule has 2 aromatic rings. The van der Waals surface area contributed by atoms with E-state index in [2.05, 4.69) is 0 Å². The Labute approximate surface area is 157 Å². The summed E-state index contributed by atoms with van der Waals surface area (Å²) in [6.45, 7) is 7.09. The molecule has 4 nitrogen and oxygen atoms in total. The van der Waals surface area contributed by atoms with Gasteiger partial charge in [-0.25, -0.2) is 4.39 Å². The average molecular weight is 367 g/mol. The molecular weight excluding hydrogens is 345 g/mol. The zero-order chi connectivity index (χ0) is 19.9. The number of amides is 1. The van der Waals surface area contributed by atoms with E-state index in [-0.39, 0.29) is 11.4 Å². The number of nitrogens with zero attached hydrogens (tertiary/aromatic N) is 1. The number of Topliss-reactive ketones (excluding diaryl/α,β-unsaturated/α-hetero) is 1. The average Bonchev–Trinajstić information content (AvgIpc) is 2.85. The van der Waals surface area contributed by atoms with Gasteiger partial charge >= 0.3 is 0 Å². The number of rotatable bonds is 3. The zero-order valence-corrected chi connectivity index (χ0v) is 15.8. The first-order chi connectivity index (χ1) is 12.6. The summed E-state index contributed by atoms with van der Waals surface area (Å²) in [5, 5.41) is 10.6. The Balaban J connectivity index is 2.21. The molecule has 1 heterocycles. The van der Waals surface area contributed by atoms with Crippen molar-refractivity contribution in [3.8, 4) is 0 Å². The van der Waals surface area contributed by atoms with Crippen molar-refractivity contribution in [2.75, 3.05) is 4.90 Å². The number of carbonyl (C=O) groups is 2. The van der Waals surface area contributed by atoms with Gasteiger partial charge in [-0.15, -0.1) is 0 Å². The third-order valence-electron chi connectivity index (χ3n) is 4.60. The van der Waals surface area contributed by atoms with Crippen LogP contribution in [-0.4, -0.2) is 16.8 Å². The Kier molecular flexibility index (Phi) is 4.64. The number of aryl methyl sites for hydroxylation is 1. The molecule has 1 aliphatic heterocycles. The van der Waals surface area contributed by atoms with Gasteiger partial charge < -0.3 is 5.11 Å². The van der Waals surface area contributed by atoms with Crippen molar-refractivity contribution in [1.29, 1.82) is 0 Å². The van der Waals surface area contributed by atoms with E-state index in [9.17, 15) is 19.1 Å². The number of halogens is 1. The van der Waals surface area contributed by atoms with Crippen molar-refractivity contribution in [3.05, 3.63) is 76.8 Å². The van der Waals surface area contributed by atoms with Gasteiger partial charge in [0.05, 0.1) is 11.6 Å². The molecule has 1 aliphatic rings. The summed E-state index contributed by atoms with van der Waals surface area (Å²) in [7, 11) is 0. The molecule has 0 saturated heterocycles. The molecule has 1 amide bonds. The molecule has 1 unspecified atom stereocenters. The first kappa shape index (κ1) is 18.8. The Hall–Kier alpha value is -2.95. The normalized spacial score (nSPS) is 17.6. The lowest BCUT2D eigenvalue weighted by Crippen LogP contribution is -2.32. The van der Waals surface area contributed by atoms with E-state index in [1.165, 1.54) is 29.2 Å². The highest BCUT2D eigenvalue weighted by Crippen LogP contribution is 2.43. The van der Waals surface area contributed by atoms with E-state index in [0.717, 1.165) is 5.56 Å². The van der Waals surface area contributed by atoms with Crippen LogP contribution in [0.1, 0.15) is 37.9 Å². The number of aliphatic hydroxyl groups excluding tert-OH is 1. The maximum absolute atomic E-state index is 13.4. The zero-order valence-electron chi connectivity index (χ0n) is 15.8. The van der Waals surface area contributed by atoms with Crippen LogP contribution in [0.4, 0.5) is 10.1 Å². The van der Waals surface area contributed by atoms with E-state index >= 15 is 0 Å². The van der Waals surface area contributed by atoms with Crippen LogP contribution in [0.15, 0.2) is 59.9 Å². The summed E-state index contributed by atoms with van der Waals surface area (Å²) in [6, 6.07) is 12.1. The van der Waals surface area contributed by atoms with Gasteiger partial charge in [0.2, 0.25) is 0 Å². The molecule has 140 valence electrons. The van der Waals surface area contributed by atoms with Gasteiger partial charge in [-0.1, -0.05) is 45.0 Å². The molecule has 27 heavy (non-hydrogen) atoms. The Morgan fingerprint density at radius 2 is 1.74 bits per heavy atom. The highest BCUT2D eigenvalue weighted by molar-refractivity contribution is 6.17. The third kappa shape index (κ3) is 3.37. The van der Waals surface area contributed by atoms with Crippen LogP contribution in [0.2, 0.25) is 0 Å². The lowest BCUT2D eigenvalue weighted by Gasteiger charge is -2.29. The molecular formula is C22H22FNO3. The molecule has 2 aromatic carbocycles. The smallest absolute Gasteiger partial charge is 0.294 e. The van der Waals surface area contributed by atoms with Crippen LogP contribution in [0.3, 0.4) is 0 Å². The molecule has 0 fully saturated rings. The Morgan fingerprint density at radius 1 is 1.11 bits per heavy atom. The van der Waals surface area contributed by atoms with Gasteiger partial charge in [0.15, 0.2) is 11.5 Å². The number of hydrogen-bond donors (Lipinski definition) is 1. The minimum atomic E-state index is -0.813. The summed E-state index contributed by atoms with van der Waals surface area (Å²) in [5.74, 6) is -1.92. The summed E-state index contributed by atoms with van der Waals surface area (Å²) in [5.41, 5.74) is 1.32. The predicted molar refractivity (Wildman–Crippen MR) is 102 cm³/mol. The Bertz CT molecular complexity index is 939. The number of ketones is 1. The maximum atomic E-state index is 13.4. The molecule has 1 atom stereocenters. The van der Waals surface area contributed by atoms with Gasteiger partial charge in [0.25, 0.3) is 5.91 Å². The van der Waals surface area contributed by atoms with Crippen molar-refractivity contribution in [2.24, 2.45) is 5.41 Å². The SMILES string of the molecule is Cc1cccc(N2C(=O)C(O)=C(C(=O)C(C)(C)C)C2c2ccc(F)cc2)c1. The van der Waals surface area contributed by atoms with Crippen LogP contribution in [-0.2, 0) is 9.59 Å². The standard InChI is InChI=1S/C22H22FNO3/c1-13-6-5-7-16(12-13)24-18(14-8-10-15(23)11-9-14)17(19(25)21(24)27)20(26)22(2,3)4/h5-12,18,25H,1-4H3. The second-order valence-electron chi connectivity index (χ2n) is 7.81. The van der Waals surface area contributed by atoms with Crippen molar-refractivity contribution in [1.82, 2.24) is 0 Å². The number of anilines is 1. The largest absolute Gasteiger partial charge is 0.503 e. The fourth-order valence-electron chi connectivity index (χ4n) is 3.25. The van der Waals surface area contributed by atoms with Crippen LogP contribution < -0.4 is 4.90 Å². The molecule has 0 aliphatic carbocycles. The first-order valence-corrected chi connectivity index (χ1v) is 8.75. The number of hydrogen-bond acceptors (Lipinski definition) is 3. The second-order valence-corrected chi connectivity index (χ2v) is 7.81.